The largest absolute Gasteiger partial charge is 0.478 e. The van der Waals surface area contributed by atoms with Crippen LogP contribution in [0.25, 0.3) is 11.8 Å². The van der Waals surface area contributed by atoms with Gasteiger partial charge in [-0.1, -0.05) is 23.7 Å². The zero-order chi connectivity index (χ0) is 37.7. The van der Waals surface area contributed by atoms with Gasteiger partial charge in [-0.15, -0.1) is 5.10 Å². The Kier molecular flexibility index (Phi) is 11.1. The molecule has 0 bridgehead atoms. The van der Waals surface area contributed by atoms with Crippen molar-refractivity contribution in [3.05, 3.63) is 101 Å². The van der Waals surface area contributed by atoms with Crippen molar-refractivity contribution >= 4 is 52.7 Å². The fourth-order valence-corrected chi connectivity index (χ4v) is 4.35. The molecule has 1 aromatic heterocycles. The molecule has 0 aliphatic rings. The fourth-order valence-electron chi connectivity index (χ4n) is 4.19. The van der Waals surface area contributed by atoms with E-state index in [1.165, 1.54) is 41.7 Å². The number of carboxylic acids is 1. The van der Waals surface area contributed by atoms with Crippen molar-refractivity contribution in [1.82, 2.24) is 25.5 Å². The number of nitrogens with one attached hydrogen (secondary N) is 3. The number of aromatic carboxylic acids is 1. The highest BCUT2D eigenvalue weighted by Crippen LogP contribution is 2.46. The highest BCUT2D eigenvalue weighted by molar-refractivity contribution is 6.31. The van der Waals surface area contributed by atoms with Gasteiger partial charge in [-0.2, -0.15) is 35.4 Å². The van der Waals surface area contributed by atoms with Gasteiger partial charge in [0.15, 0.2) is 5.82 Å². The predicted molar refractivity (Wildman–Crippen MR) is 162 cm³/mol. The quantitative estimate of drug-likeness (QED) is 0.112. The highest BCUT2D eigenvalue weighted by atomic mass is 35.5. The van der Waals surface area contributed by atoms with E-state index in [1.54, 1.807) is 0 Å². The van der Waals surface area contributed by atoms with Crippen LogP contribution in [0.1, 0.15) is 21.5 Å². The minimum absolute atomic E-state index is 0.0807. The SMILES string of the molecule is O=C(/C=C/c1c(-n2cnnn2)ccc(Cl)c1F)N[C@@H](Cc1ccc(NC(=O)C(F)(F)C(F)(F)C(F)(F)F)cc1)C(=O)Nc1ccc(C(=O)O)cc1. The number of alkyl halides is 7. The number of aromatic nitrogens is 4. The second kappa shape index (κ2) is 14.9. The summed E-state index contributed by atoms with van der Waals surface area (Å²) in [6.07, 6.45) is -4.10. The molecule has 0 saturated carbocycles. The average Bonchev–Trinajstić information content (AvgIpc) is 3.60. The lowest BCUT2D eigenvalue weighted by molar-refractivity contribution is -0.343. The molecule has 21 heteroatoms. The van der Waals surface area contributed by atoms with Crippen molar-refractivity contribution in [3.63, 3.8) is 0 Å². The van der Waals surface area contributed by atoms with Crippen LogP contribution in [0, 0.1) is 5.82 Å². The van der Waals surface area contributed by atoms with Crippen LogP contribution < -0.4 is 16.0 Å². The third-order valence-electron chi connectivity index (χ3n) is 6.83. The number of halogens is 9. The van der Waals surface area contributed by atoms with Crippen LogP contribution in [-0.2, 0) is 20.8 Å². The van der Waals surface area contributed by atoms with Gasteiger partial charge in [0.1, 0.15) is 12.4 Å². The standard InChI is InChI=1S/C30H20ClF8N7O5/c31-20-10-11-22(46-14-40-44-45-46)19(24(20)32)9-12-23(47)43-21(25(48)41-17-7-3-16(4-8-17)26(49)50)13-15-1-5-18(6-2-15)42-27(51)28(33,34)29(35,36)30(37,38)39/h1-12,14,21H,13H2,(H,41,48)(H,42,51)(H,43,47)(H,49,50)/b12-9+/t21-/m0/s1. The number of rotatable bonds is 12. The first-order chi connectivity index (χ1) is 23.8. The Morgan fingerprint density at radius 3 is 2.06 bits per heavy atom. The fraction of sp³-hybridized carbons (Fsp3) is 0.167. The van der Waals surface area contributed by atoms with Gasteiger partial charge in [-0.05, 0) is 70.6 Å². The van der Waals surface area contributed by atoms with Crippen LogP contribution in [0.2, 0.25) is 5.02 Å². The zero-order valence-corrected chi connectivity index (χ0v) is 25.8. The van der Waals surface area contributed by atoms with Crippen LogP contribution in [0.4, 0.5) is 46.5 Å². The Hall–Kier alpha value is -5.92. The second-order valence-electron chi connectivity index (χ2n) is 10.3. The molecule has 1 heterocycles. The minimum Gasteiger partial charge on any atom is -0.478 e. The lowest BCUT2D eigenvalue weighted by Crippen LogP contribution is -2.57. The molecule has 0 radical (unpaired) electrons. The van der Waals surface area contributed by atoms with E-state index < -0.39 is 59.3 Å². The summed E-state index contributed by atoms with van der Waals surface area (Å²) in [5, 5.41) is 25.5. The smallest absolute Gasteiger partial charge is 0.460 e. The van der Waals surface area contributed by atoms with Crippen molar-refractivity contribution in [2.45, 2.75) is 30.5 Å². The van der Waals surface area contributed by atoms with Crippen LogP contribution >= 0.6 is 11.6 Å². The molecular formula is C30H20ClF8N7O5. The Labute approximate surface area is 285 Å². The molecule has 3 amide bonds. The number of tetrazole rings is 1. The molecule has 4 rings (SSSR count). The number of nitrogens with zero attached hydrogens (tertiary/aromatic N) is 4. The van der Waals surface area contributed by atoms with Crippen molar-refractivity contribution in [1.29, 1.82) is 0 Å². The van der Waals surface area contributed by atoms with E-state index in [9.17, 15) is 54.3 Å². The summed E-state index contributed by atoms with van der Waals surface area (Å²) >= 11 is 5.89. The van der Waals surface area contributed by atoms with Crippen LogP contribution in [0.3, 0.4) is 0 Å². The molecule has 0 aliphatic carbocycles. The maximum Gasteiger partial charge on any atom is 0.460 e. The number of carbonyl (C=O) groups excluding carboxylic acids is 3. The van der Waals surface area contributed by atoms with Gasteiger partial charge >= 0.3 is 29.9 Å². The molecule has 0 aliphatic heterocycles. The topological polar surface area (TPSA) is 168 Å². The van der Waals surface area contributed by atoms with Gasteiger partial charge in [0.05, 0.1) is 16.3 Å². The molecule has 3 aromatic carbocycles. The minimum atomic E-state index is -6.73. The van der Waals surface area contributed by atoms with Gasteiger partial charge in [-0.3, -0.25) is 14.4 Å². The second-order valence-corrected chi connectivity index (χ2v) is 10.7. The maximum atomic E-state index is 14.9. The van der Waals surface area contributed by atoms with Crippen molar-refractivity contribution < 1.29 is 59.4 Å². The first-order valence-electron chi connectivity index (χ1n) is 13.9. The van der Waals surface area contributed by atoms with Crippen molar-refractivity contribution in [2.24, 2.45) is 0 Å². The Balaban J connectivity index is 1.56. The van der Waals surface area contributed by atoms with Crippen LogP contribution in [0.5, 0.6) is 0 Å². The number of amides is 3. The van der Waals surface area contributed by atoms with E-state index >= 15 is 0 Å². The lowest BCUT2D eigenvalue weighted by atomic mass is 10.0. The lowest BCUT2D eigenvalue weighted by Gasteiger charge is -2.27. The zero-order valence-electron chi connectivity index (χ0n) is 25.1. The molecule has 51 heavy (non-hydrogen) atoms. The van der Waals surface area contributed by atoms with Crippen LogP contribution in [0.15, 0.2) is 73.1 Å². The first-order valence-corrected chi connectivity index (χ1v) is 14.3. The average molecular weight is 746 g/mol. The molecule has 0 fully saturated rings. The molecule has 0 saturated heterocycles. The number of hydrogen-bond donors (Lipinski definition) is 4. The third kappa shape index (κ3) is 8.63. The molecule has 12 nitrogen and oxygen atoms in total. The summed E-state index contributed by atoms with van der Waals surface area (Å²) in [7, 11) is 0. The van der Waals surface area contributed by atoms with Gasteiger partial charge in [0.2, 0.25) is 11.8 Å². The Morgan fingerprint density at radius 2 is 1.49 bits per heavy atom. The van der Waals surface area contributed by atoms with Crippen molar-refractivity contribution in [3.8, 4) is 5.69 Å². The number of carboxylic acid groups (broad SMARTS) is 1. The Morgan fingerprint density at radius 1 is 0.882 bits per heavy atom. The van der Waals surface area contributed by atoms with E-state index in [0.717, 1.165) is 47.4 Å². The number of carbonyl (C=O) groups is 4. The Bertz CT molecular complexity index is 1960. The van der Waals surface area contributed by atoms with E-state index in [1.807, 2.05) is 0 Å². The first kappa shape index (κ1) is 37.9. The maximum absolute atomic E-state index is 14.9. The van der Waals surface area contributed by atoms with E-state index in [-0.39, 0.29) is 39.5 Å². The molecule has 4 N–H and O–H groups in total. The molecule has 1 atom stereocenters. The summed E-state index contributed by atoms with van der Waals surface area (Å²) in [6.45, 7) is 0. The predicted octanol–water partition coefficient (Wildman–Crippen LogP) is 5.30. The molecule has 0 spiro atoms. The monoisotopic (exact) mass is 745 g/mol. The highest BCUT2D eigenvalue weighted by Gasteiger charge is 2.76. The molecular weight excluding hydrogens is 726 g/mol. The van der Waals surface area contributed by atoms with Gasteiger partial charge < -0.3 is 21.1 Å². The van der Waals surface area contributed by atoms with E-state index in [4.69, 9.17) is 16.7 Å². The summed E-state index contributed by atoms with van der Waals surface area (Å²) in [6, 6.07) is 9.84. The number of benzene rings is 3. The molecule has 268 valence electrons. The van der Waals surface area contributed by atoms with Crippen molar-refractivity contribution in [2.75, 3.05) is 10.6 Å². The molecule has 0 unspecified atom stereocenters. The number of anilines is 2. The molecule has 4 aromatic rings. The van der Waals surface area contributed by atoms with Gasteiger partial charge in [0.25, 0.3) is 0 Å². The van der Waals surface area contributed by atoms with Gasteiger partial charge in [-0.25, -0.2) is 9.18 Å². The van der Waals surface area contributed by atoms with E-state index in [0.29, 0.717) is 0 Å². The summed E-state index contributed by atoms with van der Waals surface area (Å²) < 4.78 is 107. The summed E-state index contributed by atoms with van der Waals surface area (Å²) in [4.78, 5) is 49.1. The third-order valence-corrected chi connectivity index (χ3v) is 7.12. The number of hydrogen-bond acceptors (Lipinski definition) is 7. The normalized spacial score (nSPS) is 12.7. The summed E-state index contributed by atoms with van der Waals surface area (Å²) in [5.74, 6) is -19.8. The summed E-state index contributed by atoms with van der Waals surface area (Å²) in [5.41, 5.74) is -0.619. The van der Waals surface area contributed by atoms with Gasteiger partial charge in [0, 0.05) is 29.4 Å². The van der Waals surface area contributed by atoms with Crippen LogP contribution in [-0.4, -0.2) is 73.1 Å². The van der Waals surface area contributed by atoms with E-state index in [2.05, 4.69) is 26.2 Å².